The van der Waals surface area contributed by atoms with Crippen LogP contribution in [0.25, 0.3) is 0 Å². The van der Waals surface area contributed by atoms with Gasteiger partial charge in [-0.1, -0.05) is 12.5 Å². The average Bonchev–Trinajstić information content (AvgIpc) is 2.66. The average molecular weight is 360 g/mol. The van der Waals surface area contributed by atoms with Crippen molar-refractivity contribution in [3.8, 4) is 11.5 Å². The maximum Gasteiger partial charge on any atom is 0.251 e. The molecule has 0 aromatic heterocycles. The Kier molecular flexibility index (Phi) is 7.09. The largest absolute Gasteiger partial charge is 0.493 e. The Bertz CT molecular complexity index is 634. The molecule has 1 aliphatic rings. The van der Waals surface area contributed by atoms with E-state index in [2.05, 4.69) is 30.6 Å². The maximum atomic E-state index is 12.7. The van der Waals surface area contributed by atoms with Crippen LogP contribution in [-0.2, 0) is 6.42 Å². The van der Waals surface area contributed by atoms with Crippen molar-refractivity contribution in [3.63, 3.8) is 0 Å². The van der Waals surface area contributed by atoms with Crippen molar-refractivity contribution in [1.29, 1.82) is 0 Å². The molecule has 144 valence electrons. The van der Waals surface area contributed by atoms with E-state index in [1.807, 2.05) is 6.07 Å². The molecule has 1 amide bonds. The Hall–Kier alpha value is -2.01. The number of allylic oxidation sites excluding steroid dienone is 1. The lowest BCUT2D eigenvalue weighted by Crippen LogP contribution is -2.53. The molecule has 5 nitrogen and oxygen atoms in total. The van der Waals surface area contributed by atoms with Crippen molar-refractivity contribution in [2.45, 2.75) is 45.1 Å². The van der Waals surface area contributed by atoms with E-state index < -0.39 is 0 Å². The van der Waals surface area contributed by atoms with Gasteiger partial charge in [0, 0.05) is 23.2 Å². The second-order valence-electron chi connectivity index (χ2n) is 7.41. The number of methoxy groups -OCH3 is 2. The fourth-order valence-corrected chi connectivity index (χ4v) is 3.49. The molecule has 0 spiro atoms. The quantitative estimate of drug-likeness (QED) is 0.722. The summed E-state index contributed by atoms with van der Waals surface area (Å²) >= 11 is 0. The van der Waals surface area contributed by atoms with E-state index in [-0.39, 0.29) is 11.4 Å². The summed E-state index contributed by atoms with van der Waals surface area (Å²) in [5.41, 5.74) is 1.41. The summed E-state index contributed by atoms with van der Waals surface area (Å²) in [6.07, 6.45) is 6.17. The first-order valence-corrected chi connectivity index (χ1v) is 9.32. The Labute approximate surface area is 157 Å². The minimum Gasteiger partial charge on any atom is -0.493 e. The van der Waals surface area contributed by atoms with Gasteiger partial charge in [0.25, 0.3) is 5.91 Å². The normalized spacial score (nSPS) is 15.4. The molecule has 0 saturated carbocycles. The van der Waals surface area contributed by atoms with Crippen LogP contribution < -0.4 is 14.8 Å². The fraction of sp³-hybridized carbons (Fsp3) is 0.571. The van der Waals surface area contributed by atoms with Crippen LogP contribution in [0, 0.1) is 0 Å². The molecule has 1 aromatic rings. The lowest BCUT2D eigenvalue weighted by atomic mass is 9.98. The van der Waals surface area contributed by atoms with Crippen LogP contribution in [0.15, 0.2) is 24.8 Å². The van der Waals surface area contributed by atoms with Gasteiger partial charge < -0.3 is 14.8 Å². The molecule has 0 bridgehead atoms. The second kappa shape index (κ2) is 9.08. The molecule has 1 N–H and O–H groups in total. The standard InChI is InChI=1S/C21H32N2O3/c1-6-10-16-13-17(14-18(25-4)19(16)26-5)20(24)22-15-21(2,3)23-11-8-7-9-12-23/h6,13-14H,1,7-12,15H2,2-5H3,(H,22,24). The van der Waals surface area contributed by atoms with Gasteiger partial charge in [-0.3, -0.25) is 9.69 Å². The van der Waals surface area contributed by atoms with Crippen LogP contribution in [0.2, 0.25) is 0 Å². The number of benzene rings is 1. The summed E-state index contributed by atoms with van der Waals surface area (Å²) in [5, 5.41) is 3.09. The molecule has 0 unspecified atom stereocenters. The van der Waals surface area contributed by atoms with Gasteiger partial charge in [0.05, 0.1) is 14.2 Å². The number of likely N-dealkylation sites (tertiary alicyclic amines) is 1. The Morgan fingerprint density at radius 2 is 1.92 bits per heavy atom. The number of hydrogen-bond donors (Lipinski definition) is 1. The summed E-state index contributed by atoms with van der Waals surface area (Å²) < 4.78 is 10.8. The Morgan fingerprint density at radius 3 is 2.50 bits per heavy atom. The summed E-state index contributed by atoms with van der Waals surface area (Å²) in [5.74, 6) is 1.12. The highest BCUT2D eigenvalue weighted by Gasteiger charge is 2.28. The predicted molar refractivity (Wildman–Crippen MR) is 105 cm³/mol. The van der Waals surface area contributed by atoms with E-state index in [0.717, 1.165) is 18.7 Å². The number of hydrogen-bond acceptors (Lipinski definition) is 4. The highest BCUT2D eigenvalue weighted by molar-refractivity contribution is 5.95. The number of carbonyl (C=O) groups excluding carboxylic acids is 1. The number of nitrogens with zero attached hydrogens (tertiary/aromatic N) is 1. The molecular weight excluding hydrogens is 328 g/mol. The van der Waals surface area contributed by atoms with Crippen LogP contribution in [0.5, 0.6) is 11.5 Å². The van der Waals surface area contributed by atoms with E-state index in [9.17, 15) is 4.79 Å². The van der Waals surface area contributed by atoms with Crippen LogP contribution >= 0.6 is 0 Å². The number of piperidine rings is 1. The highest BCUT2D eigenvalue weighted by Crippen LogP contribution is 2.33. The molecule has 5 heteroatoms. The Balaban J connectivity index is 2.13. The first-order chi connectivity index (χ1) is 12.4. The molecule has 0 radical (unpaired) electrons. The van der Waals surface area contributed by atoms with Gasteiger partial charge in [-0.05, 0) is 58.3 Å². The number of ether oxygens (including phenoxy) is 2. The molecule has 1 saturated heterocycles. The van der Waals surface area contributed by atoms with Crippen molar-refractivity contribution in [2.24, 2.45) is 0 Å². The van der Waals surface area contributed by atoms with Crippen molar-refractivity contribution < 1.29 is 14.3 Å². The SMILES string of the molecule is C=CCc1cc(C(=O)NCC(C)(C)N2CCCCC2)cc(OC)c1OC. The van der Waals surface area contributed by atoms with Crippen molar-refractivity contribution in [2.75, 3.05) is 33.9 Å². The summed E-state index contributed by atoms with van der Waals surface area (Å²) in [4.78, 5) is 15.2. The zero-order chi connectivity index (χ0) is 19.2. The lowest BCUT2D eigenvalue weighted by Gasteiger charge is -2.41. The van der Waals surface area contributed by atoms with Crippen LogP contribution in [0.1, 0.15) is 49.0 Å². The highest BCUT2D eigenvalue weighted by atomic mass is 16.5. The van der Waals surface area contributed by atoms with Crippen molar-refractivity contribution in [3.05, 3.63) is 35.9 Å². The summed E-state index contributed by atoms with van der Waals surface area (Å²) in [7, 11) is 3.18. The summed E-state index contributed by atoms with van der Waals surface area (Å²) in [6, 6.07) is 3.58. The molecule has 1 heterocycles. The van der Waals surface area contributed by atoms with Gasteiger partial charge in [-0.2, -0.15) is 0 Å². The number of amides is 1. The first-order valence-electron chi connectivity index (χ1n) is 9.32. The fourth-order valence-electron chi connectivity index (χ4n) is 3.49. The summed E-state index contributed by atoms with van der Waals surface area (Å²) in [6.45, 7) is 11.0. The molecule has 26 heavy (non-hydrogen) atoms. The van der Waals surface area contributed by atoms with E-state index in [4.69, 9.17) is 9.47 Å². The monoisotopic (exact) mass is 360 g/mol. The predicted octanol–water partition coefficient (Wildman–Crippen LogP) is 3.43. The number of rotatable bonds is 8. The van der Waals surface area contributed by atoms with Crippen LogP contribution in [-0.4, -0.2) is 50.2 Å². The van der Waals surface area contributed by atoms with Crippen LogP contribution in [0.4, 0.5) is 0 Å². The minimum absolute atomic E-state index is 0.0589. The number of nitrogens with one attached hydrogen (secondary N) is 1. The van der Waals surface area contributed by atoms with E-state index in [1.54, 1.807) is 26.4 Å². The number of carbonyl (C=O) groups is 1. The third-order valence-electron chi connectivity index (χ3n) is 5.08. The van der Waals surface area contributed by atoms with E-state index in [1.165, 1.54) is 19.3 Å². The zero-order valence-electron chi connectivity index (χ0n) is 16.6. The topological polar surface area (TPSA) is 50.8 Å². The molecule has 1 aliphatic heterocycles. The van der Waals surface area contributed by atoms with Crippen LogP contribution in [0.3, 0.4) is 0 Å². The minimum atomic E-state index is -0.0960. The molecule has 1 fully saturated rings. The van der Waals surface area contributed by atoms with Crippen molar-refractivity contribution >= 4 is 5.91 Å². The first kappa shape index (κ1) is 20.3. The van der Waals surface area contributed by atoms with Gasteiger partial charge in [-0.25, -0.2) is 0 Å². The smallest absolute Gasteiger partial charge is 0.251 e. The second-order valence-corrected chi connectivity index (χ2v) is 7.41. The Morgan fingerprint density at radius 1 is 1.23 bits per heavy atom. The van der Waals surface area contributed by atoms with Gasteiger partial charge >= 0.3 is 0 Å². The van der Waals surface area contributed by atoms with Gasteiger partial charge in [0.15, 0.2) is 11.5 Å². The molecule has 0 aliphatic carbocycles. The maximum absolute atomic E-state index is 12.7. The molecule has 2 rings (SSSR count). The lowest BCUT2D eigenvalue weighted by molar-refractivity contribution is 0.0797. The third kappa shape index (κ3) is 4.79. The zero-order valence-corrected chi connectivity index (χ0v) is 16.6. The van der Waals surface area contributed by atoms with Crippen molar-refractivity contribution in [1.82, 2.24) is 10.2 Å². The third-order valence-corrected chi connectivity index (χ3v) is 5.08. The van der Waals surface area contributed by atoms with Gasteiger partial charge in [0.1, 0.15) is 0 Å². The van der Waals surface area contributed by atoms with Gasteiger partial charge in [0.2, 0.25) is 0 Å². The van der Waals surface area contributed by atoms with Gasteiger partial charge in [-0.15, -0.1) is 6.58 Å². The molecule has 0 atom stereocenters. The molecule has 1 aromatic carbocycles. The van der Waals surface area contributed by atoms with E-state index in [0.29, 0.717) is 30.0 Å². The van der Waals surface area contributed by atoms with E-state index >= 15 is 0 Å². The molecular formula is C21H32N2O3.